The van der Waals surface area contributed by atoms with Crippen LogP contribution in [0.5, 0.6) is 0 Å². The molecular formula is C18H16ClN3O3. The van der Waals surface area contributed by atoms with Crippen molar-refractivity contribution in [3.8, 4) is 11.8 Å². The van der Waals surface area contributed by atoms with E-state index in [1.165, 1.54) is 18.2 Å². The number of carbonyl (C=O) groups is 1. The third kappa shape index (κ3) is 4.96. The van der Waals surface area contributed by atoms with E-state index in [0.29, 0.717) is 0 Å². The van der Waals surface area contributed by atoms with Gasteiger partial charge >= 0.3 is 0 Å². The number of nitro groups is 1. The molecule has 0 aromatic heterocycles. The van der Waals surface area contributed by atoms with E-state index >= 15 is 0 Å². The second kappa shape index (κ2) is 8.18. The number of nitro benzene ring substituents is 1. The molecule has 0 saturated carbocycles. The number of carbonyl (C=O) groups excluding carboxylic acids is 1. The van der Waals surface area contributed by atoms with Crippen LogP contribution in [0.25, 0.3) is 0 Å². The first-order chi connectivity index (χ1) is 11.9. The summed E-state index contributed by atoms with van der Waals surface area (Å²) in [5, 5.41) is 13.8. The van der Waals surface area contributed by atoms with Crippen LogP contribution in [0.15, 0.2) is 42.5 Å². The van der Waals surface area contributed by atoms with Crippen LogP contribution in [0.1, 0.15) is 15.9 Å². The van der Waals surface area contributed by atoms with Gasteiger partial charge in [-0.1, -0.05) is 23.4 Å². The molecule has 0 aliphatic rings. The molecule has 0 spiro atoms. The highest BCUT2D eigenvalue weighted by molar-refractivity contribution is 6.31. The fourth-order valence-corrected chi connectivity index (χ4v) is 2.23. The van der Waals surface area contributed by atoms with E-state index in [0.717, 1.165) is 11.3 Å². The van der Waals surface area contributed by atoms with E-state index in [1.54, 1.807) is 0 Å². The summed E-state index contributed by atoms with van der Waals surface area (Å²) >= 11 is 5.81. The van der Waals surface area contributed by atoms with Crippen LogP contribution in [0.2, 0.25) is 5.02 Å². The predicted octanol–water partition coefficient (Wildman–Crippen LogP) is 3.10. The number of benzene rings is 2. The van der Waals surface area contributed by atoms with Crippen LogP contribution < -0.4 is 10.2 Å². The molecule has 0 saturated heterocycles. The number of halogens is 1. The lowest BCUT2D eigenvalue weighted by atomic mass is 10.1. The van der Waals surface area contributed by atoms with Gasteiger partial charge in [0.2, 0.25) is 0 Å². The molecule has 6 nitrogen and oxygen atoms in total. The summed E-state index contributed by atoms with van der Waals surface area (Å²) in [5.41, 5.74) is 1.49. The average Bonchev–Trinajstić information content (AvgIpc) is 2.58. The number of nitrogens with one attached hydrogen (secondary N) is 1. The van der Waals surface area contributed by atoms with E-state index in [9.17, 15) is 14.9 Å². The van der Waals surface area contributed by atoms with Crippen molar-refractivity contribution in [1.82, 2.24) is 5.32 Å². The highest BCUT2D eigenvalue weighted by Crippen LogP contribution is 2.22. The summed E-state index contributed by atoms with van der Waals surface area (Å²) in [5.74, 6) is 5.15. The molecule has 128 valence electrons. The van der Waals surface area contributed by atoms with Gasteiger partial charge in [-0.15, -0.1) is 0 Å². The van der Waals surface area contributed by atoms with Crippen LogP contribution in [-0.2, 0) is 0 Å². The number of amides is 1. The van der Waals surface area contributed by atoms with E-state index in [4.69, 9.17) is 11.6 Å². The Kier molecular flexibility index (Phi) is 5.98. The average molecular weight is 358 g/mol. The lowest BCUT2D eigenvalue weighted by Gasteiger charge is -2.11. The molecule has 1 amide bonds. The third-order valence-electron chi connectivity index (χ3n) is 3.35. The van der Waals surface area contributed by atoms with E-state index in [1.807, 2.05) is 43.3 Å². The topological polar surface area (TPSA) is 75.5 Å². The van der Waals surface area contributed by atoms with Crippen molar-refractivity contribution < 1.29 is 9.72 Å². The Morgan fingerprint density at radius 3 is 2.52 bits per heavy atom. The van der Waals surface area contributed by atoms with Gasteiger partial charge in [0.1, 0.15) is 5.56 Å². The van der Waals surface area contributed by atoms with Gasteiger partial charge < -0.3 is 10.2 Å². The summed E-state index contributed by atoms with van der Waals surface area (Å²) in [6.07, 6.45) is 0. The van der Waals surface area contributed by atoms with Gasteiger partial charge in [-0.2, -0.15) is 0 Å². The van der Waals surface area contributed by atoms with Crippen LogP contribution >= 0.6 is 11.6 Å². The Hall–Kier alpha value is -3.04. The van der Waals surface area contributed by atoms with Gasteiger partial charge in [0.15, 0.2) is 0 Å². The lowest BCUT2D eigenvalue weighted by Crippen LogP contribution is -2.24. The number of hydrogen-bond donors (Lipinski definition) is 1. The number of anilines is 1. The molecule has 0 aliphatic heterocycles. The van der Waals surface area contributed by atoms with E-state index in [-0.39, 0.29) is 22.8 Å². The number of nitrogens with zero attached hydrogens (tertiary/aromatic N) is 2. The molecule has 0 bridgehead atoms. The smallest absolute Gasteiger partial charge is 0.282 e. The van der Waals surface area contributed by atoms with Crippen LogP contribution in [0, 0.1) is 22.0 Å². The van der Waals surface area contributed by atoms with Gasteiger partial charge in [-0.25, -0.2) is 0 Å². The second-order valence-corrected chi connectivity index (χ2v) is 5.78. The summed E-state index contributed by atoms with van der Waals surface area (Å²) < 4.78 is 0. The summed E-state index contributed by atoms with van der Waals surface area (Å²) in [6, 6.07) is 11.5. The normalized spacial score (nSPS) is 9.72. The largest absolute Gasteiger partial charge is 0.378 e. The second-order valence-electron chi connectivity index (χ2n) is 5.34. The molecule has 2 aromatic rings. The molecule has 0 fully saturated rings. The molecule has 7 heteroatoms. The van der Waals surface area contributed by atoms with Crippen molar-refractivity contribution in [3.63, 3.8) is 0 Å². The van der Waals surface area contributed by atoms with Crippen molar-refractivity contribution in [2.24, 2.45) is 0 Å². The van der Waals surface area contributed by atoms with Crippen molar-refractivity contribution >= 4 is 28.9 Å². The highest BCUT2D eigenvalue weighted by Gasteiger charge is 2.19. The fourth-order valence-electron chi connectivity index (χ4n) is 2.06. The maximum Gasteiger partial charge on any atom is 0.282 e. The maximum atomic E-state index is 12.1. The quantitative estimate of drug-likeness (QED) is 0.518. The Labute approximate surface area is 150 Å². The standard InChI is InChI=1S/C18H16ClN3O3/c1-21(2)15-8-5-13(6-9-15)4-3-11-20-18(23)16-12-14(19)7-10-17(16)22(24)25/h5-10,12H,11H2,1-2H3,(H,20,23). The Bertz CT molecular complexity index is 852. The first-order valence-electron chi connectivity index (χ1n) is 7.37. The molecule has 0 aliphatic carbocycles. The number of hydrogen-bond acceptors (Lipinski definition) is 4. The molecule has 1 N–H and O–H groups in total. The highest BCUT2D eigenvalue weighted by atomic mass is 35.5. The van der Waals surface area contributed by atoms with Crippen LogP contribution in [0.4, 0.5) is 11.4 Å². The Morgan fingerprint density at radius 1 is 1.24 bits per heavy atom. The monoisotopic (exact) mass is 357 g/mol. The first kappa shape index (κ1) is 18.3. The molecule has 0 unspecified atom stereocenters. The maximum absolute atomic E-state index is 12.1. The van der Waals surface area contributed by atoms with Crippen molar-refractivity contribution in [2.45, 2.75) is 0 Å². The molecule has 2 aromatic carbocycles. The zero-order valence-corrected chi connectivity index (χ0v) is 14.5. The fraction of sp³-hybridized carbons (Fsp3) is 0.167. The molecule has 0 heterocycles. The van der Waals surface area contributed by atoms with Gasteiger partial charge in [-0.05, 0) is 36.4 Å². The molecule has 0 radical (unpaired) electrons. The third-order valence-corrected chi connectivity index (χ3v) is 3.59. The predicted molar refractivity (Wildman–Crippen MR) is 98.1 cm³/mol. The minimum absolute atomic E-state index is 0.0674. The first-order valence-corrected chi connectivity index (χ1v) is 7.74. The summed E-state index contributed by atoms with van der Waals surface area (Å²) in [7, 11) is 3.90. The molecule has 25 heavy (non-hydrogen) atoms. The van der Waals surface area contributed by atoms with Crippen LogP contribution in [-0.4, -0.2) is 31.5 Å². The molecule has 2 rings (SSSR count). The minimum Gasteiger partial charge on any atom is -0.378 e. The van der Waals surface area contributed by atoms with Gasteiger partial charge in [0, 0.05) is 36.4 Å². The zero-order chi connectivity index (χ0) is 18.4. The van der Waals surface area contributed by atoms with E-state index in [2.05, 4.69) is 17.2 Å². The van der Waals surface area contributed by atoms with Crippen molar-refractivity contribution in [3.05, 3.63) is 68.7 Å². The SMILES string of the molecule is CN(C)c1ccc(C#CCNC(=O)c2cc(Cl)ccc2[N+](=O)[O-])cc1. The summed E-state index contributed by atoms with van der Waals surface area (Å²) in [4.78, 5) is 24.4. The Morgan fingerprint density at radius 2 is 1.92 bits per heavy atom. The van der Waals surface area contributed by atoms with Crippen molar-refractivity contribution in [2.75, 3.05) is 25.5 Å². The lowest BCUT2D eigenvalue weighted by molar-refractivity contribution is -0.385. The van der Waals surface area contributed by atoms with Crippen LogP contribution in [0.3, 0.4) is 0 Å². The molecule has 0 atom stereocenters. The molecular weight excluding hydrogens is 342 g/mol. The van der Waals surface area contributed by atoms with Gasteiger partial charge in [0.25, 0.3) is 11.6 Å². The van der Waals surface area contributed by atoms with E-state index < -0.39 is 10.8 Å². The van der Waals surface area contributed by atoms with Gasteiger partial charge in [0.05, 0.1) is 11.5 Å². The van der Waals surface area contributed by atoms with Gasteiger partial charge in [-0.3, -0.25) is 14.9 Å². The minimum atomic E-state index is -0.622. The van der Waals surface area contributed by atoms with Crippen molar-refractivity contribution in [1.29, 1.82) is 0 Å². The number of rotatable bonds is 4. The zero-order valence-electron chi connectivity index (χ0n) is 13.7. The Balaban J connectivity index is 2.02. The summed E-state index contributed by atoms with van der Waals surface area (Å²) in [6.45, 7) is 0.0674.